The largest absolute Gasteiger partial charge is 0.428 e. The maximum absolute atomic E-state index is 11.1. The van der Waals surface area contributed by atoms with Crippen molar-refractivity contribution in [2.75, 3.05) is 0 Å². The molecule has 1 aromatic heterocycles. The van der Waals surface area contributed by atoms with Crippen LogP contribution in [0.25, 0.3) is 0 Å². The SMILES string of the molecule is N#Cc1cc(I)c(Oc2nc(Cl)nnc2Cl)c([N+](=O)[O-])c1. The lowest BCUT2D eigenvalue weighted by Gasteiger charge is -2.08. The van der Waals surface area contributed by atoms with Gasteiger partial charge in [0.15, 0.2) is 0 Å². The van der Waals surface area contributed by atoms with Gasteiger partial charge in [0.05, 0.1) is 20.1 Å². The first-order valence-corrected chi connectivity index (χ1v) is 6.87. The molecule has 0 fully saturated rings. The average molecular weight is 438 g/mol. The Morgan fingerprint density at radius 3 is 2.71 bits per heavy atom. The highest BCUT2D eigenvalue weighted by Gasteiger charge is 2.23. The van der Waals surface area contributed by atoms with Crippen molar-refractivity contribution in [2.24, 2.45) is 0 Å². The summed E-state index contributed by atoms with van der Waals surface area (Å²) >= 11 is 13.1. The molecule has 2 aromatic rings. The van der Waals surface area contributed by atoms with Crippen molar-refractivity contribution in [1.29, 1.82) is 5.26 Å². The molecule has 1 aromatic carbocycles. The van der Waals surface area contributed by atoms with Gasteiger partial charge in [-0.25, -0.2) is 0 Å². The molecular weight excluding hydrogens is 436 g/mol. The predicted molar refractivity (Wildman–Crippen MR) is 80.4 cm³/mol. The topological polar surface area (TPSA) is 115 Å². The van der Waals surface area contributed by atoms with Crippen molar-refractivity contribution >= 4 is 51.5 Å². The predicted octanol–water partition coefficient (Wildman–Crippen LogP) is 3.36. The van der Waals surface area contributed by atoms with Gasteiger partial charge in [0, 0.05) is 6.07 Å². The highest BCUT2D eigenvalue weighted by atomic mass is 127. The Balaban J connectivity index is 2.56. The lowest BCUT2D eigenvalue weighted by Crippen LogP contribution is -2.00. The fourth-order valence-electron chi connectivity index (χ4n) is 1.32. The summed E-state index contributed by atoms with van der Waals surface area (Å²) in [5.74, 6) is -0.333. The molecule has 21 heavy (non-hydrogen) atoms. The van der Waals surface area contributed by atoms with Crippen LogP contribution in [0.5, 0.6) is 11.6 Å². The molecule has 0 radical (unpaired) electrons. The van der Waals surface area contributed by atoms with Crippen LogP contribution in [0.15, 0.2) is 12.1 Å². The summed E-state index contributed by atoms with van der Waals surface area (Å²) in [5.41, 5.74) is -0.271. The summed E-state index contributed by atoms with van der Waals surface area (Å²) in [7, 11) is 0. The standard InChI is InChI=1S/C10H2Cl2IN5O3/c11-8-9(15-10(12)17-16-8)21-7-5(13)1-4(3-14)2-6(7)18(19)20/h1-2H. The van der Waals surface area contributed by atoms with Gasteiger partial charge in [-0.15, -0.1) is 10.2 Å². The van der Waals surface area contributed by atoms with Gasteiger partial charge in [0.1, 0.15) is 0 Å². The van der Waals surface area contributed by atoms with E-state index in [9.17, 15) is 10.1 Å². The zero-order chi connectivity index (χ0) is 15.6. The van der Waals surface area contributed by atoms with Gasteiger partial charge >= 0.3 is 5.69 Å². The second-order valence-corrected chi connectivity index (χ2v) is 5.31. The van der Waals surface area contributed by atoms with Gasteiger partial charge < -0.3 is 4.74 Å². The van der Waals surface area contributed by atoms with Crippen molar-refractivity contribution in [3.8, 4) is 17.7 Å². The fraction of sp³-hybridized carbons (Fsp3) is 0. The molecule has 0 atom stereocenters. The third-order valence-corrected chi connectivity index (χ3v) is 3.34. The number of hydrogen-bond acceptors (Lipinski definition) is 7. The van der Waals surface area contributed by atoms with E-state index < -0.39 is 10.6 Å². The Morgan fingerprint density at radius 1 is 1.38 bits per heavy atom. The Hall–Kier alpha value is -1.77. The molecule has 0 spiro atoms. The summed E-state index contributed by atoms with van der Waals surface area (Å²) < 4.78 is 5.66. The van der Waals surface area contributed by atoms with Crippen LogP contribution in [-0.2, 0) is 0 Å². The Labute approximate surface area is 141 Å². The van der Waals surface area contributed by atoms with E-state index >= 15 is 0 Å². The zero-order valence-corrected chi connectivity index (χ0v) is 13.4. The van der Waals surface area contributed by atoms with Gasteiger partial charge in [0.2, 0.25) is 16.2 Å². The molecule has 0 unspecified atom stereocenters. The number of hydrogen-bond donors (Lipinski definition) is 0. The van der Waals surface area contributed by atoms with Gasteiger partial charge in [-0.3, -0.25) is 10.1 Å². The number of rotatable bonds is 3. The molecule has 2 rings (SSSR count). The lowest BCUT2D eigenvalue weighted by molar-refractivity contribution is -0.385. The van der Waals surface area contributed by atoms with Gasteiger partial charge in [-0.2, -0.15) is 10.2 Å². The van der Waals surface area contributed by atoms with Gasteiger partial charge in [0.25, 0.3) is 5.88 Å². The summed E-state index contributed by atoms with van der Waals surface area (Å²) in [6.45, 7) is 0. The molecule has 106 valence electrons. The number of nitro groups is 1. The smallest absolute Gasteiger partial charge is 0.314 e. The van der Waals surface area contributed by atoms with Crippen LogP contribution in [0.1, 0.15) is 5.56 Å². The van der Waals surface area contributed by atoms with Crippen molar-refractivity contribution in [1.82, 2.24) is 15.2 Å². The summed E-state index contributed by atoms with van der Waals surface area (Å²) in [5, 5.41) is 26.4. The highest BCUT2D eigenvalue weighted by Crippen LogP contribution is 2.37. The van der Waals surface area contributed by atoms with Crippen LogP contribution < -0.4 is 4.74 Å². The number of aromatic nitrogens is 3. The van der Waals surface area contributed by atoms with E-state index in [4.69, 9.17) is 33.2 Å². The third kappa shape index (κ3) is 3.46. The zero-order valence-electron chi connectivity index (χ0n) is 9.75. The second kappa shape index (κ2) is 6.33. The van der Waals surface area contributed by atoms with E-state index in [0.717, 1.165) is 6.07 Å². The first-order valence-electron chi connectivity index (χ1n) is 5.04. The molecule has 0 aliphatic carbocycles. The van der Waals surface area contributed by atoms with Crippen molar-refractivity contribution in [3.05, 3.63) is 41.8 Å². The van der Waals surface area contributed by atoms with Crippen molar-refractivity contribution in [2.45, 2.75) is 0 Å². The van der Waals surface area contributed by atoms with E-state index in [1.807, 2.05) is 6.07 Å². The van der Waals surface area contributed by atoms with Crippen LogP contribution in [0, 0.1) is 25.0 Å². The molecule has 0 saturated heterocycles. The molecule has 0 amide bonds. The summed E-state index contributed by atoms with van der Waals surface area (Å²) in [4.78, 5) is 14.1. The number of benzene rings is 1. The second-order valence-electron chi connectivity index (χ2n) is 3.45. The van der Waals surface area contributed by atoms with Crippen LogP contribution in [0.2, 0.25) is 10.4 Å². The Kier molecular flexibility index (Phi) is 4.71. The molecular formula is C10H2Cl2IN5O3. The van der Waals surface area contributed by atoms with E-state index in [0.29, 0.717) is 3.57 Å². The number of ether oxygens (including phenoxy) is 1. The minimum Gasteiger partial charge on any atom is -0.428 e. The quantitative estimate of drug-likeness (QED) is 0.410. The Bertz CT molecular complexity index is 780. The van der Waals surface area contributed by atoms with E-state index in [1.54, 1.807) is 22.6 Å². The van der Waals surface area contributed by atoms with Crippen molar-refractivity contribution < 1.29 is 9.66 Å². The number of nitriles is 1. The van der Waals surface area contributed by atoms with Crippen LogP contribution in [0.3, 0.4) is 0 Å². The normalized spacial score (nSPS) is 10.0. The molecule has 11 heteroatoms. The molecule has 8 nitrogen and oxygen atoms in total. The van der Waals surface area contributed by atoms with Gasteiger partial charge in [-0.05, 0) is 40.3 Å². The molecule has 0 N–H and O–H groups in total. The molecule has 1 heterocycles. The number of halogens is 3. The summed E-state index contributed by atoms with van der Waals surface area (Å²) in [6.07, 6.45) is 0. The molecule has 0 saturated carbocycles. The average Bonchev–Trinajstić information content (AvgIpc) is 2.44. The van der Waals surface area contributed by atoms with E-state index in [-0.39, 0.29) is 27.6 Å². The van der Waals surface area contributed by atoms with Crippen LogP contribution in [0.4, 0.5) is 5.69 Å². The van der Waals surface area contributed by atoms with E-state index in [1.165, 1.54) is 6.07 Å². The molecule has 0 aliphatic heterocycles. The fourth-order valence-corrected chi connectivity index (χ4v) is 2.28. The maximum Gasteiger partial charge on any atom is 0.314 e. The molecule has 0 aliphatic rings. The van der Waals surface area contributed by atoms with E-state index in [2.05, 4.69) is 15.2 Å². The highest BCUT2D eigenvalue weighted by molar-refractivity contribution is 14.1. The van der Waals surface area contributed by atoms with Crippen LogP contribution >= 0.6 is 45.8 Å². The molecule has 0 bridgehead atoms. The minimum absolute atomic E-state index is 0.113. The maximum atomic E-state index is 11.1. The van der Waals surface area contributed by atoms with Crippen molar-refractivity contribution in [3.63, 3.8) is 0 Å². The Morgan fingerprint density at radius 2 is 2.10 bits per heavy atom. The summed E-state index contributed by atoms with van der Waals surface area (Å²) in [6, 6.07) is 4.33. The lowest BCUT2D eigenvalue weighted by atomic mass is 10.2. The monoisotopic (exact) mass is 437 g/mol. The third-order valence-electron chi connectivity index (χ3n) is 2.14. The van der Waals surface area contributed by atoms with Gasteiger partial charge in [-0.1, -0.05) is 11.6 Å². The first kappa shape index (κ1) is 15.6. The number of nitrogens with zero attached hydrogens (tertiary/aromatic N) is 5. The number of nitro benzene ring substituents is 1. The van der Waals surface area contributed by atoms with Crippen LogP contribution in [-0.4, -0.2) is 20.1 Å². The first-order chi connectivity index (χ1) is 9.92. The minimum atomic E-state index is -0.678.